The second-order valence-corrected chi connectivity index (χ2v) is 24.8. The van der Waals surface area contributed by atoms with E-state index in [0.29, 0.717) is 11.8 Å². The Balaban J connectivity index is 1.29. The van der Waals surface area contributed by atoms with Gasteiger partial charge in [-0.15, -0.1) is 0 Å². The van der Waals surface area contributed by atoms with Crippen molar-refractivity contribution in [2.24, 2.45) is 5.92 Å². The maximum atomic E-state index is 7.63. The van der Waals surface area contributed by atoms with Crippen molar-refractivity contribution in [2.75, 3.05) is 9.80 Å². The van der Waals surface area contributed by atoms with Crippen molar-refractivity contribution in [3.63, 3.8) is 0 Å². The minimum atomic E-state index is -0.207. The van der Waals surface area contributed by atoms with Crippen LogP contribution in [0.1, 0.15) is 162 Å². The zero-order valence-electron chi connectivity index (χ0n) is 42.3. The lowest BCUT2D eigenvalue weighted by Crippen LogP contribution is -2.61. The molecule has 3 heterocycles. The molecule has 66 heavy (non-hydrogen) atoms. The van der Waals surface area contributed by atoms with E-state index < -0.39 is 0 Å². The highest BCUT2D eigenvalue weighted by molar-refractivity contribution is 7.00. The van der Waals surface area contributed by atoms with Gasteiger partial charge in [-0.3, -0.25) is 0 Å². The molecule has 0 saturated heterocycles. The van der Waals surface area contributed by atoms with Gasteiger partial charge in [-0.05, 0) is 156 Å². The molecule has 336 valence electrons. The smallest absolute Gasteiger partial charge is 0.297 e. The van der Waals surface area contributed by atoms with Gasteiger partial charge in [-0.2, -0.15) is 0 Å². The topological polar surface area (TPSA) is 19.6 Å². The van der Waals surface area contributed by atoms with Gasteiger partial charge in [0, 0.05) is 33.6 Å². The number of anilines is 6. The zero-order chi connectivity index (χ0) is 46.8. The van der Waals surface area contributed by atoms with Crippen molar-refractivity contribution in [3.8, 4) is 11.1 Å². The molecule has 1 atom stereocenters. The molecule has 11 rings (SSSR count). The third-order valence-corrected chi connectivity index (χ3v) is 16.8. The summed E-state index contributed by atoms with van der Waals surface area (Å²) in [6, 6.07) is 43.0. The van der Waals surface area contributed by atoms with Gasteiger partial charge < -0.3 is 14.2 Å². The van der Waals surface area contributed by atoms with Crippen LogP contribution in [0.2, 0.25) is 0 Å². The molecule has 3 nitrogen and oxygen atoms in total. The van der Waals surface area contributed by atoms with Gasteiger partial charge in [-0.25, -0.2) is 0 Å². The van der Waals surface area contributed by atoms with Crippen LogP contribution in [0.25, 0.3) is 22.1 Å². The van der Waals surface area contributed by atoms with E-state index in [1.54, 1.807) is 0 Å². The molecule has 4 aliphatic rings. The number of furan rings is 1. The van der Waals surface area contributed by atoms with E-state index in [1.165, 1.54) is 94.8 Å². The van der Waals surface area contributed by atoms with E-state index in [1.807, 2.05) is 0 Å². The lowest BCUT2D eigenvalue weighted by atomic mass is 9.35. The Bertz CT molecular complexity index is 3140. The molecular weight excluding hydrogens is 800 g/mol. The van der Waals surface area contributed by atoms with Crippen LogP contribution in [0.5, 0.6) is 0 Å². The van der Waals surface area contributed by atoms with E-state index in [0.717, 1.165) is 29.8 Å². The third-order valence-electron chi connectivity index (χ3n) is 16.8. The van der Waals surface area contributed by atoms with Gasteiger partial charge >= 0.3 is 0 Å². The van der Waals surface area contributed by atoms with Gasteiger partial charge in [0.05, 0.1) is 17.0 Å². The van der Waals surface area contributed by atoms with Crippen molar-refractivity contribution < 1.29 is 4.42 Å². The van der Waals surface area contributed by atoms with Crippen molar-refractivity contribution in [3.05, 3.63) is 148 Å². The molecule has 0 N–H and O–H groups in total. The Morgan fingerprint density at radius 2 is 1.18 bits per heavy atom. The number of rotatable bonds is 4. The average Bonchev–Trinajstić information content (AvgIpc) is 3.75. The fourth-order valence-electron chi connectivity index (χ4n) is 12.3. The molecule has 2 aliphatic heterocycles. The molecule has 0 amide bonds. The monoisotopic (exact) mass is 869 g/mol. The largest absolute Gasteiger partial charge is 0.468 e. The van der Waals surface area contributed by atoms with E-state index in [9.17, 15) is 0 Å². The molecule has 6 aromatic carbocycles. The van der Waals surface area contributed by atoms with Crippen LogP contribution in [-0.2, 0) is 27.1 Å². The fourth-order valence-corrected chi connectivity index (χ4v) is 12.3. The minimum Gasteiger partial charge on any atom is -0.468 e. The normalized spacial score (nSPS) is 17.8. The molecule has 2 aliphatic carbocycles. The third kappa shape index (κ3) is 6.15. The summed E-state index contributed by atoms with van der Waals surface area (Å²) in [5, 5.41) is 1.21. The van der Waals surface area contributed by atoms with Crippen LogP contribution >= 0.6 is 0 Å². The van der Waals surface area contributed by atoms with Gasteiger partial charge in [-0.1, -0.05) is 165 Å². The lowest BCUT2D eigenvalue weighted by molar-refractivity contribution is 0.332. The van der Waals surface area contributed by atoms with E-state index in [4.69, 9.17) is 4.42 Å². The summed E-state index contributed by atoms with van der Waals surface area (Å²) < 4.78 is 7.63. The quantitative estimate of drug-likeness (QED) is 0.164. The van der Waals surface area contributed by atoms with Crippen LogP contribution in [0, 0.1) is 5.92 Å². The standard InChI is InChI=1S/C62H69BN2O/c1-36(2)37(3)38-31-51-55-52(32-38)65(50-22-18-20-43-42-19-16-17-21-45(42)62(14,15)54(43)50)49-28-25-40(59(7,8)9)33-48(49)63(55)57-56(64(51)41-26-23-39(24-27-41)58(4,5)6)44-34-46-47(35-53(44)66-57)61(12,13)30-29-60(46,10)11/h16-28,31-37H,29-30H2,1-15H3/t37-/m1/s1. The molecule has 1 aromatic heterocycles. The van der Waals surface area contributed by atoms with E-state index in [-0.39, 0.29) is 33.8 Å². The molecule has 0 fully saturated rings. The van der Waals surface area contributed by atoms with Crippen LogP contribution in [-0.4, -0.2) is 6.71 Å². The second-order valence-electron chi connectivity index (χ2n) is 24.8. The first-order valence-electron chi connectivity index (χ1n) is 24.9. The maximum absolute atomic E-state index is 7.63. The Kier molecular flexibility index (Phi) is 9.17. The van der Waals surface area contributed by atoms with Crippen molar-refractivity contribution >= 4 is 68.4 Å². The molecule has 0 radical (unpaired) electrons. The predicted octanol–water partition coefficient (Wildman–Crippen LogP) is 15.5. The highest BCUT2D eigenvalue weighted by Crippen LogP contribution is 2.57. The van der Waals surface area contributed by atoms with E-state index in [2.05, 4.69) is 223 Å². The molecular formula is C62H69BN2O. The first kappa shape index (κ1) is 43.1. The predicted molar refractivity (Wildman–Crippen MR) is 284 cm³/mol. The fraction of sp³-hybridized carbons (Fsp3) is 0.387. The molecule has 0 bridgehead atoms. The molecule has 0 unspecified atom stereocenters. The van der Waals surface area contributed by atoms with Crippen LogP contribution in [0.15, 0.2) is 114 Å². The lowest BCUT2D eigenvalue weighted by Gasteiger charge is -2.44. The summed E-state index contributed by atoms with van der Waals surface area (Å²) in [5.41, 5.74) is 24.2. The van der Waals surface area contributed by atoms with Crippen molar-refractivity contribution in [1.29, 1.82) is 0 Å². The Hall–Kier alpha value is -5.48. The summed E-state index contributed by atoms with van der Waals surface area (Å²) in [7, 11) is 0. The average molecular weight is 869 g/mol. The molecule has 0 saturated carbocycles. The maximum Gasteiger partial charge on any atom is 0.297 e. The number of hydrogen-bond donors (Lipinski definition) is 0. The van der Waals surface area contributed by atoms with Crippen molar-refractivity contribution in [1.82, 2.24) is 0 Å². The summed E-state index contributed by atoms with van der Waals surface area (Å²) in [6.45, 7) is 35.6. The van der Waals surface area contributed by atoms with Crippen LogP contribution in [0.4, 0.5) is 34.1 Å². The first-order valence-corrected chi connectivity index (χ1v) is 24.9. The van der Waals surface area contributed by atoms with Crippen LogP contribution in [0.3, 0.4) is 0 Å². The Morgan fingerprint density at radius 3 is 1.83 bits per heavy atom. The Labute approximate surface area is 395 Å². The van der Waals surface area contributed by atoms with E-state index >= 15 is 0 Å². The SMILES string of the molecule is CC(C)[C@@H](C)c1cc2c3c(c1)N(c1ccc(C(C)(C)C)cc1)c1c(oc4cc5c(cc14)C(C)(C)CCC5(C)C)B3c1cc(C(C)(C)C)ccc1N2c1cccc2c1C(C)(C)c1ccccc1-2. The van der Waals surface area contributed by atoms with Crippen molar-refractivity contribution in [2.45, 2.75) is 150 Å². The zero-order valence-corrected chi connectivity index (χ0v) is 42.3. The molecule has 0 spiro atoms. The van der Waals surface area contributed by atoms with Crippen LogP contribution < -0.4 is 26.4 Å². The van der Waals surface area contributed by atoms with Gasteiger partial charge in [0.15, 0.2) is 0 Å². The summed E-state index contributed by atoms with van der Waals surface area (Å²) in [5.74, 6) is 0.769. The van der Waals surface area contributed by atoms with Gasteiger partial charge in [0.2, 0.25) is 0 Å². The number of nitrogens with zero attached hydrogens (tertiary/aromatic N) is 2. The highest BCUT2D eigenvalue weighted by Gasteiger charge is 2.50. The molecule has 7 aromatic rings. The minimum absolute atomic E-state index is 0.0284. The first-order chi connectivity index (χ1) is 31.0. The van der Waals surface area contributed by atoms with Gasteiger partial charge in [0.1, 0.15) is 5.58 Å². The number of benzene rings is 6. The molecule has 4 heteroatoms. The van der Waals surface area contributed by atoms with Gasteiger partial charge in [0.25, 0.3) is 6.71 Å². The Morgan fingerprint density at radius 1 is 0.576 bits per heavy atom. The highest BCUT2D eigenvalue weighted by atomic mass is 16.3. The second kappa shape index (κ2) is 14.0. The summed E-state index contributed by atoms with van der Waals surface area (Å²) >= 11 is 0. The number of hydrogen-bond acceptors (Lipinski definition) is 3. The number of fused-ring (bicyclic) bond motifs is 10. The summed E-state index contributed by atoms with van der Waals surface area (Å²) in [6.07, 6.45) is 2.31. The summed E-state index contributed by atoms with van der Waals surface area (Å²) in [4.78, 5) is 5.28.